The number of amides is 1. The summed E-state index contributed by atoms with van der Waals surface area (Å²) in [4.78, 5) is 24.1. The van der Waals surface area contributed by atoms with Gasteiger partial charge >= 0.3 is 5.97 Å². The second-order valence-electron chi connectivity index (χ2n) is 4.17. The molecule has 1 fully saturated rings. The predicted molar refractivity (Wildman–Crippen MR) is 56.1 cm³/mol. The highest BCUT2D eigenvalue weighted by molar-refractivity contribution is 5.89. The Morgan fingerprint density at radius 3 is 2.60 bits per heavy atom. The topological polar surface area (TPSA) is 46.6 Å². The fourth-order valence-electron chi connectivity index (χ4n) is 1.30. The molecule has 0 aromatic carbocycles. The SMILES string of the molecule is C=CC(=O)N1CC(C(=O)OCC(C)C)C1. The van der Waals surface area contributed by atoms with E-state index in [2.05, 4.69) is 6.58 Å². The molecule has 84 valence electrons. The van der Waals surface area contributed by atoms with Gasteiger partial charge in [0.2, 0.25) is 5.91 Å². The Morgan fingerprint density at radius 1 is 1.53 bits per heavy atom. The average molecular weight is 211 g/mol. The van der Waals surface area contributed by atoms with Crippen molar-refractivity contribution in [3.05, 3.63) is 12.7 Å². The zero-order valence-electron chi connectivity index (χ0n) is 9.23. The lowest BCUT2D eigenvalue weighted by atomic mass is 10.0. The highest BCUT2D eigenvalue weighted by Crippen LogP contribution is 2.17. The maximum Gasteiger partial charge on any atom is 0.312 e. The quantitative estimate of drug-likeness (QED) is 0.511. The maximum absolute atomic E-state index is 11.4. The fraction of sp³-hybridized carbons (Fsp3) is 0.636. The summed E-state index contributed by atoms with van der Waals surface area (Å²) in [6.45, 7) is 8.73. The minimum atomic E-state index is -0.197. The van der Waals surface area contributed by atoms with Gasteiger partial charge in [-0.1, -0.05) is 20.4 Å². The number of likely N-dealkylation sites (tertiary alicyclic amines) is 1. The van der Waals surface area contributed by atoms with E-state index in [1.807, 2.05) is 13.8 Å². The van der Waals surface area contributed by atoms with Gasteiger partial charge in [-0.05, 0) is 12.0 Å². The molecule has 1 amide bonds. The van der Waals surface area contributed by atoms with Gasteiger partial charge in [0.15, 0.2) is 0 Å². The van der Waals surface area contributed by atoms with Gasteiger partial charge in [0, 0.05) is 13.1 Å². The Bertz CT molecular complexity index is 267. The van der Waals surface area contributed by atoms with Crippen LogP contribution in [-0.2, 0) is 14.3 Å². The Kier molecular flexibility index (Phi) is 3.88. The van der Waals surface area contributed by atoms with Gasteiger partial charge in [-0.3, -0.25) is 9.59 Å². The van der Waals surface area contributed by atoms with Crippen molar-refractivity contribution < 1.29 is 14.3 Å². The van der Waals surface area contributed by atoms with Gasteiger partial charge in [0.1, 0.15) is 0 Å². The van der Waals surface area contributed by atoms with Crippen molar-refractivity contribution >= 4 is 11.9 Å². The molecule has 0 bridgehead atoms. The summed E-state index contributed by atoms with van der Waals surface area (Å²) in [5, 5.41) is 0. The van der Waals surface area contributed by atoms with Gasteiger partial charge in [-0.25, -0.2) is 0 Å². The van der Waals surface area contributed by atoms with Crippen LogP contribution in [0.2, 0.25) is 0 Å². The van der Waals surface area contributed by atoms with Crippen LogP contribution in [0.15, 0.2) is 12.7 Å². The molecule has 0 saturated carbocycles. The molecule has 0 atom stereocenters. The zero-order valence-corrected chi connectivity index (χ0v) is 9.23. The summed E-state index contributed by atoms with van der Waals surface area (Å²) in [6, 6.07) is 0. The Morgan fingerprint density at radius 2 is 2.13 bits per heavy atom. The molecule has 1 aliphatic rings. The van der Waals surface area contributed by atoms with Crippen molar-refractivity contribution in [2.24, 2.45) is 11.8 Å². The standard InChI is InChI=1S/C11H17NO3/c1-4-10(13)12-5-9(6-12)11(14)15-7-8(2)3/h4,8-9H,1,5-7H2,2-3H3. The molecule has 1 aliphatic heterocycles. The van der Waals surface area contributed by atoms with E-state index >= 15 is 0 Å². The summed E-state index contributed by atoms with van der Waals surface area (Å²) in [5.74, 6) is -0.118. The molecule has 15 heavy (non-hydrogen) atoms. The van der Waals surface area contributed by atoms with Crippen LogP contribution in [0.25, 0.3) is 0 Å². The zero-order chi connectivity index (χ0) is 11.4. The Balaban J connectivity index is 2.23. The number of hydrogen-bond acceptors (Lipinski definition) is 3. The van der Waals surface area contributed by atoms with Crippen LogP contribution < -0.4 is 0 Å². The first-order chi connectivity index (χ1) is 7.04. The van der Waals surface area contributed by atoms with Gasteiger partial charge in [0.05, 0.1) is 12.5 Å². The number of carbonyl (C=O) groups excluding carboxylic acids is 2. The summed E-state index contributed by atoms with van der Waals surface area (Å²) in [7, 11) is 0. The van der Waals surface area contributed by atoms with Crippen LogP contribution in [0.3, 0.4) is 0 Å². The molecule has 0 radical (unpaired) electrons. The number of nitrogens with zero attached hydrogens (tertiary/aromatic N) is 1. The van der Waals surface area contributed by atoms with Crippen molar-refractivity contribution in [2.45, 2.75) is 13.8 Å². The van der Waals surface area contributed by atoms with Gasteiger partial charge < -0.3 is 9.64 Å². The second kappa shape index (κ2) is 4.96. The first kappa shape index (κ1) is 11.8. The van der Waals surface area contributed by atoms with Crippen LogP contribution in [-0.4, -0.2) is 36.5 Å². The van der Waals surface area contributed by atoms with E-state index in [-0.39, 0.29) is 17.8 Å². The largest absolute Gasteiger partial charge is 0.465 e. The molecule has 0 spiro atoms. The van der Waals surface area contributed by atoms with E-state index in [0.29, 0.717) is 25.6 Å². The number of ether oxygens (including phenoxy) is 1. The first-order valence-electron chi connectivity index (χ1n) is 5.12. The minimum Gasteiger partial charge on any atom is -0.465 e. The van der Waals surface area contributed by atoms with Crippen molar-refractivity contribution in [1.82, 2.24) is 4.90 Å². The number of esters is 1. The molecule has 0 unspecified atom stereocenters. The van der Waals surface area contributed by atoms with Crippen LogP contribution >= 0.6 is 0 Å². The predicted octanol–water partition coefficient (Wildman–Crippen LogP) is 0.830. The molecule has 0 aromatic heterocycles. The third-order valence-corrected chi connectivity index (χ3v) is 2.26. The van der Waals surface area contributed by atoms with Gasteiger partial charge in [0.25, 0.3) is 0 Å². The molecule has 0 aromatic rings. The summed E-state index contributed by atoms with van der Waals surface area (Å²) in [5.41, 5.74) is 0. The summed E-state index contributed by atoms with van der Waals surface area (Å²) >= 11 is 0. The van der Waals surface area contributed by atoms with Crippen LogP contribution in [0, 0.1) is 11.8 Å². The van der Waals surface area contributed by atoms with Crippen LogP contribution in [0.4, 0.5) is 0 Å². The van der Waals surface area contributed by atoms with E-state index in [1.165, 1.54) is 6.08 Å². The molecule has 0 aliphatic carbocycles. The number of carbonyl (C=O) groups is 2. The molecular weight excluding hydrogens is 194 g/mol. The highest BCUT2D eigenvalue weighted by Gasteiger charge is 2.35. The molecule has 0 N–H and O–H groups in total. The van der Waals surface area contributed by atoms with Crippen molar-refractivity contribution in [1.29, 1.82) is 0 Å². The molecule has 1 rings (SSSR count). The number of rotatable bonds is 4. The average Bonchev–Trinajstić information content (AvgIpc) is 2.11. The Labute approximate surface area is 89.9 Å². The lowest BCUT2D eigenvalue weighted by Gasteiger charge is -2.36. The minimum absolute atomic E-state index is 0.122. The highest BCUT2D eigenvalue weighted by atomic mass is 16.5. The summed E-state index contributed by atoms with van der Waals surface area (Å²) in [6.07, 6.45) is 1.26. The van der Waals surface area contributed by atoms with Crippen LogP contribution in [0.1, 0.15) is 13.8 Å². The lowest BCUT2D eigenvalue weighted by molar-refractivity contribution is -0.157. The fourth-order valence-corrected chi connectivity index (χ4v) is 1.30. The molecule has 4 heteroatoms. The van der Waals surface area contributed by atoms with Crippen molar-refractivity contribution in [3.63, 3.8) is 0 Å². The monoisotopic (exact) mass is 211 g/mol. The third kappa shape index (κ3) is 3.08. The maximum atomic E-state index is 11.4. The van der Waals surface area contributed by atoms with E-state index in [1.54, 1.807) is 4.90 Å². The first-order valence-corrected chi connectivity index (χ1v) is 5.12. The third-order valence-electron chi connectivity index (χ3n) is 2.26. The smallest absolute Gasteiger partial charge is 0.312 e. The van der Waals surface area contributed by atoms with Gasteiger partial charge in [-0.2, -0.15) is 0 Å². The number of hydrogen-bond donors (Lipinski definition) is 0. The van der Waals surface area contributed by atoms with Crippen molar-refractivity contribution in [3.8, 4) is 0 Å². The molecule has 1 saturated heterocycles. The Hall–Kier alpha value is -1.32. The van der Waals surface area contributed by atoms with E-state index in [0.717, 1.165) is 0 Å². The van der Waals surface area contributed by atoms with Crippen molar-refractivity contribution in [2.75, 3.05) is 19.7 Å². The second-order valence-corrected chi connectivity index (χ2v) is 4.17. The van der Waals surface area contributed by atoms with E-state index in [4.69, 9.17) is 4.74 Å². The normalized spacial score (nSPS) is 16.1. The van der Waals surface area contributed by atoms with Gasteiger partial charge in [-0.15, -0.1) is 0 Å². The molecule has 4 nitrogen and oxygen atoms in total. The molecular formula is C11H17NO3. The molecule has 1 heterocycles. The van der Waals surface area contributed by atoms with E-state index < -0.39 is 0 Å². The lowest BCUT2D eigenvalue weighted by Crippen LogP contribution is -2.53. The summed E-state index contributed by atoms with van der Waals surface area (Å²) < 4.78 is 5.07. The van der Waals surface area contributed by atoms with Crippen LogP contribution in [0.5, 0.6) is 0 Å². The van der Waals surface area contributed by atoms with E-state index in [9.17, 15) is 9.59 Å².